The second-order valence-electron chi connectivity index (χ2n) is 2.01. The van der Waals surface area contributed by atoms with Crippen molar-refractivity contribution in [2.75, 3.05) is 5.75 Å². The van der Waals surface area contributed by atoms with Gasteiger partial charge in [-0.3, -0.25) is 14.4 Å². The Labute approximate surface area is 78.1 Å². The Kier molecular flexibility index (Phi) is 5.69. The lowest BCUT2D eigenvalue weighted by Gasteiger charge is -1.98. The highest BCUT2D eigenvalue weighted by molar-refractivity contribution is 7.95. The van der Waals surface area contributed by atoms with Gasteiger partial charge in [-0.1, -0.05) is 0 Å². The summed E-state index contributed by atoms with van der Waals surface area (Å²) < 4.78 is 4.34. The molecule has 0 fully saturated rings. The maximum absolute atomic E-state index is 10.6. The highest BCUT2D eigenvalue weighted by Gasteiger charge is 2.08. The van der Waals surface area contributed by atoms with Crippen molar-refractivity contribution in [3.8, 4) is 0 Å². The first-order valence-electron chi connectivity index (χ1n) is 3.28. The molecule has 6 nitrogen and oxygen atoms in total. The van der Waals surface area contributed by atoms with Gasteiger partial charge < -0.3 is 14.4 Å². The number of carbonyl (C=O) groups excluding carboxylic acids is 1. The van der Waals surface area contributed by atoms with Crippen molar-refractivity contribution in [3.05, 3.63) is 0 Å². The number of hydrogen-bond donors (Lipinski definition) is 2. The van der Waals surface area contributed by atoms with Crippen LogP contribution in [0, 0.1) is 0 Å². The minimum Gasteiger partial charge on any atom is -0.481 e. The van der Waals surface area contributed by atoms with Crippen molar-refractivity contribution in [2.45, 2.75) is 12.8 Å². The summed E-state index contributed by atoms with van der Waals surface area (Å²) in [6.45, 7) is 0. The molecule has 0 saturated heterocycles. The third-order valence-electron chi connectivity index (χ3n) is 0.877. The van der Waals surface area contributed by atoms with E-state index >= 15 is 0 Å². The number of carboxylic acids is 2. The molecule has 0 rings (SSSR count). The number of hydrogen-bond acceptors (Lipinski definition) is 5. The standard InChI is InChI=1S/C6H8O6S/c7-4(8)1-2-6(11)12-13-3-5(9)10/h1-3H2,(H,7,8)(H,9,10). The van der Waals surface area contributed by atoms with Crippen LogP contribution in [0.25, 0.3) is 0 Å². The Balaban J connectivity index is 3.41. The lowest BCUT2D eigenvalue weighted by Crippen LogP contribution is -2.06. The SMILES string of the molecule is O=C(O)CCC(=O)OSCC(=O)O. The molecule has 0 spiro atoms. The van der Waals surface area contributed by atoms with Gasteiger partial charge in [-0.05, 0) is 0 Å². The van der Waals surface area contributed by atoms with E-state index in [-0.39, 0.29) is 18.6 Å². The zero-order chi connectivity index (χ0) is 10.3. The number of carbonyl (C=O) groups is 3. The van der Waals surface area contributed by atoms with Crippen LogP contribution in [-0.2, 0) is 18.6 Å². The fourth-order valence-electron chi connectivity index (χ4n) is 0.396. The average molecular weight is 208 g/mol. The van der Waals surface area contributed by atoms with Gasteiger partial charge in [-0.25, -0.2) is 0 Å². The molecule has 0 aromatic carbocycles. The first-order chi connectivity index (χ1) is 6.02. The van der Waals surface area contributed by atoms with Crippen LogP contribution in [0.2, 0.25) is 0 Å². The zero-order valence-electron chi connectivity index (χ0n) is 6.56. The Hall–Kier alpha value is -1.24. The molecular formula is C6H8O6S. The van der Waals surface area contributed by atoms with E-state index < -0.39 is 17.9 Å². The molecule has 0 saturated carbocycles. The van der Waals surface area contributed by atoms with Crippen molar-refractivity contribution in [2.24, 2.45) is 0 Å². The summed E-state index contributed by atoms with van der Waals surface area (Å²) in [5, 5.41) is 16.3. The van der Waals surface area contributed by atoms with Crippen LogP contribution in [0.5, 0.6) is 0 Å². The molecule has 0 aromatic rings. The largest absolute Gasteiger partial charge is 0.481 e. The van der Waals surface area contributed by atoms with E-state index in [9.17, 15) is 14.4 Å². The smallest absolute Gasteiger partial charge is 0.318 e. The molecule has 0 aliphatic carbocycles. The summed E-state index contributed by atoms with van der Waals surface area (Å²) in [6, 6.07) is 0. The highest BCUT2D eigenvalue weighted by Crippen LogP contribution is 2.05. The average Bonchev–Trinajstić information content (AvgIpc) is 2.00. The maximum atomic E-state index is 10.6. The van der Waals surface area contributed by atoms with E-state index in [1.807, 2.05) is 0 Å². The minimum atomic E-state index is -1.10. The molecular weight excluding hydrogens is 200 g/mol. The molecule has 0 heterocycles. The predicted molar refractivity (Wildman–Crippen MR) is 43.1 cm³/mol. The summed E-state index contributed by atoms with van der Waals surface area (Å²) in [5.41, 5.74) is 0. The quantitative estimate of drug-likeness (QED) is 0.598. The van der Waals surface area contributed by atoms with Gasteiger partial charge in [0.2, 0.25) is 0 Å². The molecule has 2 N–H and O–H groups in total. The van der Waals surface area contributed by atoms with Crippen LogP contribution in [0.1, 0.15) is 12.8 Å². The van der Waals surface area contributed by atoms with Gasteiger partial charge in [0.25, 0.3) is 0 Å². The molecule has 0 radical (unpaired) electrons. The van der Waals surface area contributed by atoms with Gasteiger partial charge in [0, 0.05) is 0 Å². The summed E-state index contributed by atoms with van der Waals surface area (Å²) >= 11 is 0.479. The first-order valence-corrected chi connectivity index (χ1v) is 4.19. The third-order valence-corrected chi connectivity index (χ3v) is 1.55. The van der Waals surface area contributed by atoms with Crippen LogP contribution >= 0.6 is 12.0 Å². The first kappa shape index (κ1) is 11.8. The lowest BCUT2D eigenvalue weighted by molar-refractivity contribution is -0.141. The van der Waals surface area contributed by atoms with E-state index in [4.69, 9.17) is 10.2 Å². The third kappa shape index (κ3) is 8.67. The second-order valence-corrected chi connectivity index (χ2v) is 2.70. The second kappa shape index (κ2) is 6.30. The molecule has 13 heavy (non-hydrogen) atoms. The molecule has 0 bridgehead atoms. The van der Waals surface area contributed by atoms with Gasteiger partial charge in [0.05, 0.1) is 24.9 Å². The Morgan fingerprint density at radius 2 is 1.69 bits per heavy atom. The Morgan fingerprint density at radius 3 is 2.15 bits per heavy atom. The fourth-order valence-corrected chi connectivity index (χ4v) is 0.771. The zero-order valence-corrected chi connectivity index (χ0v) is 7.37. The summed E-state index contributed by atoms with van der Waals surface area (Å²) in [5.74, 6) is -3.27. The number of rotatable bonds is 6. The van der Waals surface area contributed by atoms with Gasteiger partial charge in [0.1, 0.15) is 5.75 Å². The van der Waals surface area contributed by atoms with E-state index in [2.05, 4.69) is 4.18 Å². The van der Waals surface area contributed by atoms with E-state index in [1.54, 1.807) is 0 Å². The maximum Gasteiger partial charge on any atom is 0.318 e. The fraction of sp³-hybridized carbons (Fsp3) is 0.500. The predicted octanol–water partition coefficient (Wildman–Crippen LogP) is 0.127. The van der Waals surface area contributed by atoms with E-state index in [1.165, 1.54) is 0 Å². The molecule has 0 aliphatic rings. The Morgan fingerprint density at radius 1 is 1.08 bits per heavy atom. The molecule has 74 valence electrons. The van der Waals surface area contributed by atoms with Crippen molar-refractivity contribution in [1.82, 2.24) is 0 Å². The summed E-state index contributed by atoms with van der Waals surface area (Å²) in [6.07, 6.45) is -0.561. The van der Waals surface area contributed by atoms with Crippen LogP contribution < -0.4 is 0 Å². The molecule has 0 atom stereocenters. The van der Waals surface area contributed by atoms with Crippen LogP contribution in [0.15, 0.2) is 0 Å². The van der Waals surface area contributed by atoms with Crippen molar-refractivity contribution >= 4 is 30.0 Å². The normalized spacial score (nSPS) is 9.23. The molecule has 0 aliphatic heterocycles. The molecule has 0 amide bonds. The molecule has 0 aromatic heterocycles. The summed E-state index contributed by atoms with van der Waals surface area (Å²) in [4.78, 5) is 30.5. The van der Waals surface area contributed by atoms with Gasteiger partial charge in [0.15, 0.2) is 0 Å². The van der Waals surface area contributed by atoms with Crippen molar-refractivity contribution in [3.63, 3.8) is 0 Å². The van der Waals surface area contributed by atoms with Crippen molar-refractivity contribution < 1.29 is 28.8 Å². The van der Waals surface area contributed by atoms with Crippen LogP contribution in [0.3, 0.4) is 0 Å². The van der Waals surface area contributed by atoms with Gasteiger partial charge >= 0.3 is 17.9 Å². The van der Waals surface area contributed by atoms with E-state index in [0.29, 0.717) is 12.0 Å². The number of carboxylic acid groups (broad SMARTS) is 2. The topological polar surface area (TPSA) is 101 Å². The van der Waals surface area contributed by atoms with Gasteiger partial charge in [-0.2, -0.15) is 0 Å². The van der Waals surface area contributed by atoms with E-state index in [0.717, 1.165) is 0 Å². The van der Waals surface area contributed by atoms with Crippen LogP contribution in [-0.4, -0.2) is 33.9 Å². The monoisotopic (exact) mass is 208 g/mol. The highest BCUT2D eigenvalue weighted by atomic mass is 32.2. The molecule has 0 unspecified atom stereocenters. The van der Waals surface area contributed by atoms with Crippen molar-refractivity contribution in [1.29, 1.82) is 0 Å². The Bertz CT molecular complexity index is 213. The molecule has 7 heteroatoms. The van der Waals surface area contributed by atoms with Gasteiger partial charge in [-0.15, -0.1) is 0 Å². The minimum absolute atomic E-state index is 0.248. The summed E-state index contributed by atoms with van der Waals surface area (Å²) in [7, 11) is 0. The van der Waals surface area contributed by atoms with Crippen LogP contribution in [0.4, 0.5) is 0 Å². The lowest BCUT2D eigenvalue weighted by atomic mass is 10.3. The number of aliphatic carboxylic acids is 2.